The molecule has 0 aromatic heterocycles. The van der Waals surface area contributed by atoms with Crippen LogP contribution in [-0.4, -0.2) is 35.8 Å². The van der Waals surface area contributed by atoms with Gasteiger partial charge in [0, 0.05) is 6.42 Å². The average molecular weight is 425 g/mol. The summed E-state index contributed by atoms with van der Waals surface area (Å²) in [5.74, 6) is -0.229. The van der Waals surface area contributed by atoms with Gasteiger partial charge in [-0.25, -0.2) is 4.79 Å². The van der Waals surface area contributed by atoms with Gasteiger partial charge < -0.3 is 19.1 Å². The number of ether oxygens (including phenoxy) is 1. The van der Waals surface area contributed by atoms with E-state index >= 15 is 0 Å². The molecule has 0 aliphatic heterocycles. The van der Waals surface area contributed by atoms with Crippen LogP contribution in [0.1, 0.15) is 65.5 Å². The Kier molecular flexibility index (Phi) is 7.66. The number of amides is 1. The number of rotatable bonds is 8. The molecule has 7 nitrogen and oxygen atoms in total. The standard InChI is InChI=1S/C21H32NO6P/c1-6-26-29(25,27-7-2)21(15-11-14-17(21)23)18(16-12-9-8-10-13-16)22-19(24)28-20(3,4)5/h8-10,12-13,18H,6-7,11,14-15H2,1-5H3,(H,22,24). The second-order valence-electron chi connectivity index (χ2n) is 8.02. The van der Waals surface area contributed by atoms with Gasteiger partial charge >= 0.3 is 13.7 Å². The number of benzene rings is 1. The predicted molar refractivity (Wildman–Crippen MR) is 111 cm³/mol. The van der Waals surface area contributed by atoms with Crippen LogP contribution in [0.2, 0.25) is 0 Å². The first kappa shape index (κ1) is 23.6. The first-order valence-corrected chi connectivity index (χ1v) is 11.6. The molecule has 1 aliphatic carbocycles. The molecule has 162 valence electrons. The number of nitrogens with one attached hydrogen (secondary N) is 1. The van der Waals surface area contributed by atoms with Crippen molar-refractivity contribution in [2.24, 2.45) is 0 Å². The highest BCUT2D eigenvalue weighted by Gasteiger charge is 2.63. The monoisotopic (exact) mass is 425 g/mol. The summed E-state index contributed by atoms with van der Waals surface area (Å²) in [6.07, 6.45) is 0.398. The molecule has 1 amide bonds. The van der Waals surface area contributed by atoms with Gasteiger partial charge in [-0.2, -0.15) is 0 Å². The van der Waals surface area contributed by atoms with Gasteiger partial charge in [0.1, 0.15) is 5.60 Å². The van der Waals surface area contributed by atoms with Gasteiger partial charge in [-0.15, -0.1) is 0 Å². The summed E-state index contributed by atoms with van der Waals surface area (Å²) >= 11 is 0. The summed E-state index contributed by atoms with van der Waals surface area (Å²) in [5, 5.41) is 1.31. The van der Waals surface area contributed by atoms with Crippen LogP contribution in [0.4, 0.5) is 4.79 Å². The number of Topliss-reactive ketones (excluding diaryl/α,β-unsaturated/α-hetero) is 1. The number of hydrogen-bond donors (Lipinski definition) is 1. The normalized spacial score (nSPS) is 21.1. The fourth-order valence-electron chi connectivity index (χ4n) is 3.78. The van der Waals surface area contributed by atoms with Crippen molar-refractivity contribution in [2.45, 2.75) is 70.7 Å². The Labute approximate surface area is 173 Å². The molecule has 2 unspecified atom stereocenters. The van der Waals surface area contributed by atoms with E-state index in [4.69, 9.17) is 13.8 Å². The van der Waals surface area contributed by atoms with Crippen LogP contribution in [0.5, 0.6) is 0 Å². The Hall–Kier alpha value is -1.69. The summed E-state index contributed by atoms with van der Waals surface area (Å²) in [7, 11) is -3.90. The summed E-state index contributed by atoms with van der Waals surface area (Å²) < 4.78 is 30.7. The fraction of sp³-hybridized carbons (Fsp3) is 0.619. The SMILES string of the molecule is CCOP(=O)(OCC)C1(C(NC(=O)OC(C)(C)C)c2ccccc2)CCCC1=O. The Morgan fingerprint density at radius 2 is 1.76 bits per heavy atom. The van der Waals surface area contributed by atoms with E-state index in [0.29, 0.717) is 18.4 Å². The number of ketones is 1. The molecule has 0 bridgehead atoms. The van der Waals surface area contributed by atoms with Crippen LogP contribution < -0.4 is 5.32 Å². The van der Waals surface area contributed by atoms with Crippen LogP contribution in [0.3, 0.4) is 0 Å². The molecule has 0 spiro atoms. The van der Waals surface area contributed by atoms with Gasteiger partial charge in [-0.3, -0.25) is 9.36 Å². The molecule has 2 atom stereocenters. The molecule has 8 heteroatoms. The maximum atomic E-state index is 14.0. The Morgan fingerprint density at radius 3 is 2.21 bits per heavy atom. The van der Waals surface area contributed by atoms with E-state index in [2.05, 4.69) is 5.32 Å². The van der Waals surface area contributed by atoms with Crippen molar-refractivity contribution >= 4 is 19.5 Å². The van der Waals surface area contributed by atoms with Crippen molar-refractivity contribution < 1.29 is 27.9 Å². The van der Waals surface area contributed by atoms with Crippen molar-refractivity contribution in [3.63, 3.8) is 0 Å². The summed E-state index contributed by atoms with van der Waals surface area (Å²) in [5.41, 5.74) is -0.0740. The lowest BCUT2D eigenvalue weighted by Gasteiger charge is -2.41. The molecule has 2 rings (SSSR count). The van der Waals surface area contributed by atoms with Crippen LogP contribution in [0, 0.1) is 0 Å². The lowest BCUT2D eigenvalue weighted by molar-refractivity contribution is -0.120. The van der Waals surface area contributed by atoms with Gasteiger partial charge in [0.2, 0.25) is 0 Å². The molecule has 29 heavy (non-hydrogen) atoms. The second kappa shape index (κ2) is 9.41. The van der Waals surface area contributed by atoms with Crippen molar-refractivity contribution in [3.05, 3.63) is 35.9 Å². The number of carbonyl (C=O) groups excluding carboxylic acids is 2. The zero-order valence-electron chi connectivity index (χ0n) is 17.9. The highest BCUT2D eigenvalue weighted by atomic mass is 31.2. The van der Waals surface area contributed by atoms with Crippen molar-refractivity contribution in [1.82, 2.24) is 5.32 Å². The zero-order valence-corrected chi connectivity index (χ0v) is 18.8. The van der Waals surface area contributed by atoms with Gasteiger partial charge in [-0.1, -0.05) is 30.3 Å². The molecule has 0 radical (unpaired) electrons. The van der Waals surface area contributed by atoms with Crippen molar-refractivity contribution in [3.8, 4) is 0 Å². The topological polar surface area (TPSA) is 90.9 Å². The van der Waals surface area contributed by atoms with Crippen molar-refractivity contribution in [2.75, 3.05) is 13.2 Å². The van der Waals surface area contributed by atoms with Crippen molar-refractivity contribution in [1.29, 1.82) is 0 Å². The molecule has 1 aliphatic rings. The maximum Gasteiger partial charge on any atom is 0.408 e. The third-order valence-electron chi connectivity index (χ3n) is 4.80. The molecular weight excluding hydrogens is 393 g/mol. The van der Waals surface area contributed by atoms with Crippen LogP contribution in [0.25, 0.3) is 0 Å². The van der Waals surface area contributed by atoms with E-state index in [-0.39, 0.29) is 25.4 Å². The Balaban J connectivity index is 2.61. The molecule has 1 fully saturated rings. The van der Waals surface area contributed by atoms with Crippen LogP contribution in [0.15, 0.2) is 30.3 Å². The largest absolute Gasteiger partial charge is 0.444 e. The van der Waals surface area contributed by atoms with E-state index in [0.717, 1.165) is 0 Å². The first-order valence-electron chi connectivity index (χ1n) is 10.1. The molecule has 1 aromatic rings. The first-order chi connectivity index (χ1) is 13.6. The van der Waals surface area contributed by atoms with Gasteiger partial charge in [0.05, 0.1) is 19.3 Å². The van der Waals surface area contributed by atoms with Gasteiger partial charge in [0.25, 0.3) is 0 Å². The third kappa shape index (κ3) is 5.08. The highest BCUT2D eigenvalue weighted by Crippen LogP contribution is 2.68. The van der Waals surface area contributed by atoms with Gasteiger partial charge in [-0.05, 0) is 53.0 Å². The van der Waals surface area contributed by atoms with E-state index in [1.165, 1.54) is 0 Å². The number of hydrogen-bond acceptors (Lipinski definition) is 6. The smallest absolute Gasteiger partial charge is 0.408 e. The Bertz CT molecular complexity index is 750. The minimum absolute atomic E-state index is 0.125. The molecule has 1 saturated carbocycles. The van der Waals surface area contributed by atoms with E-state index in [9.17, 15) is 14.2 Å². The summed E-state index contributed by atoms with van der Waals surface area (Å²) in [4.78, 5) is 25.9. The lowest BCUT2D eigenvalue weighted by Crippen LogP contribution is -2.50. The minimum Gasteiger partial charge on any atom is -0.444 e. The Morgan fingerprint density at radius 1 is 1.17 bits per heavy atom. The van der Waals surface area contributed by atoms with Gasteiger partial charge in [0.15, 0.2) is 10.9 Å². The molecule has 1 aromatic carbocycles. The summed E-state index contributed by atoms with van der Waals surface area (Å²) in [6, 6.07) is 8.12. The highest BCUT2D eigenvalue weighted by molar-refractivity contribution is 7.57. The number of alkyl carbamates (subject to hydrolysis) is 1. The predicted octanol–water partition coefficient (Wildman–Crippen LogP) is 5.01. The number of carbonyl (C=O) groups is 2. The van der Waals surface area contributed by atoms with E-state index in [1.54, 1.807) is 58.9 Å². The average Bonchev–Trinajstić information content (AvgIpc) is 3.02. The lowest BCUT2D eigenvalue weighted by atomic mass is 9.90. The molecular formula is C21H32NO6P. The summed E-state index contributed by atoms with van der Waals surface area (Å²) in [6.45, 7) is 8.93. The van der Waals surface area contributed by atoms with E-state index in [1.807, 2.05) is 6.07 Å². The zero-order chi connectivity index (χ0) is 21.7. The van der Waals surface area contributed by atoms with Crippen LogP contribution in [-0.2, 0) is 23.1 Å². The fourth-order valence-corrected chi connectivity index (χ4v) is 6.38. The molecule has 1 N–H and O–H groups in total. The second-order valence-corrected chi connectivity index (χ2v) is 10.3. The molecule has 0 saturated heterocycles. The van der Waals surface area contributed by atoms with Crippen LogP contribution >= 0.6 is 7.60 Å². The quantitative estimate of drug-likeness (QED) is 0.589. The molecule has 0 heterocycles. The maximum absolute atomic E-state index is 14.0. The third-order valence-corrected chi connectivity index (χ3v) is 7.71. The van der Waals surface area contributed by atoms with E-state index < -0.39 is 30.5 Å². The minimum atomic E-state index is -3.90.